The zero-order valence-electron chi connectivity index (χ0n) is 3.25. The fraction of sp³-hybridized carbons (Fsp3) is 0. The molecule has 0 spiro atoms. The molecule has 8 heteroatoms. The van der Waals surface area contributed by atoms with Crippen LogP contribution in [0.2, 0.25) is 0 Å². The van der Waals surface area contributed by atoms with E-state index in [1.807, 2.05) is 0 Å². The maximum absolute atomic E-state index is 8.88. The van der Waals surface area contributed by atoms with E-state index in [-0.39, 0.29) is 16.8 Å². The molecule has 57 valence electrons. The van der Waals surface area contributed by atoms with Crippen LogP contribution in [0.1, 0.15) is 0 Å². The Kier molecular flexibility index (Phi) is 16.8. The molecule has 0 fully saturated rings. The van der Waals surface area contributed by atoms with Gasteiger partial charge >= 0.3 is 32.3 Å². The molecule has 1 radical (unpaired) electrons. The summed E-state index contributed by atoms with van der Waals surface area (Å²) in [5.74, 6) is 0. The van der Waals surface area contributed by atoms with Crippen LogP contribution in [0.15, 0.2) is 0 Å². The average Bonchev–Trinajstić information content (AvgIpc) is 1.36. The van der Waals surface area contributed by atoms with E-state index in [0.29, 0.717) is 0 Å². The molecular formula is H3CoNiO4PS. The quantitative estimate of drug-likeness (QED) is 0.405. The summed E-state index contributed by atoms with van der Waals surface area (Å²) in [4.78, 5) is 21.6. The molecule has 0 aromatic rings. The Morgan fingerprint density at radius 1 is 1.25 bits per heavy atom. The summed E-state index contributed by atoms with van der Waals surface area (Å²) in [5, 5.41) is 0. The van der Waals surface area contributed by atoms with Gasteiger partial charge in [0, 0.05) is 16.8 Å². The molecule has 0 atom stereocenters. The van der Waals surface area contributed by atoms with Gasteiger partial charge in [0.2, 0.25) is 0 Å². The molecule has 4 nitrogen and oxygen atoms in total. The van der Waals surface area contributed by atoms with Gasteiger partial charge in [-0.2, -0.15) is 0 Å². The molecule has 0 aromatic heterocycles. The van der Waals surface area contributed by atoms with Gasteiger partial charge in [0.15, 0.2) is 0 Å². The summed E-state index contributed by atoms with van der Waals surface area (Å²) in [7, 11) is -0.931. The topological polar surface area (TPSA) is 77.8 Å². The van der Waals surface area contributed by atoms with Crippen molar-refractivity contribution < 1.29 is 49.9 Å². The maximum atomic E-state index is 8.88. The molecule has 0 unspecified atom stereocenters. The normalized spacial score (nSPS) is 8.12. The monoisotopic (exact) mass is 247 g/mol. The minimum atomic E-state index is -4.64. The van der Waals surface area contributed by atoms with Crippen LogP contribution >= 0.6 is 18.5 Å². The van der Waals surface area contributed by atoms with Crippen LogP contribution in [0.5, 0.6) is 0 Å². The second-order valence-electron chi connectivity index (χ2n) is 0.513. The van der Waals surface area contributed by atoms with E-state index < -0.39 is 7.82 Å². The van der Waals surface area contributed by atoms with Crippen molar-refractivity contribution in [3.8, 4) is 0 Å². The average molecular weight is 248 g/mol. The molecule has 0 bridgehead atoms. The Bertz CT molecular complexity index is 71.8. The van der Waals surface area contributed by atoms with Crippen LogP contribution in [0.3, 0.4) is 0 Å². The van der Waals surface area contributed by atoms with Crippen molar-refractivity contribution in [3.05, 3.63) is 0 Å². The third-order valence-electron chi connectivity index (χ3n) is 0. The Hall–Kier alpha value is 1.33. The van der Waals surface area contributed by atoms with Crippen LogP contribution < -0.4 is 0 Å². The molecule has 0 heterocycles. The molecule has 0 aliphatic carbocycles. The van der Waals surface area contributed by atoms with Gasteiger partial charge in [0.05, 0.1) is 0 Å². The van der Waals surface area contributed by atoms with Gasteiger partial charge < -0.3 is 14.7 Å². The first kappa shape index (κ1) is 16.2. The van der Waals surface area contributed by atoms with E-state index in [9.17, 15) is 0 Å². The van der Waals surface area contributed by atoms with Gasteiger partial charge in [-0.15, -0.1) is 0 Å². The standard InChI is InChI=1S/Co.Ni.H3O4P.S/c;;1-5(2,3)4;/h;;(H3,1,2,3,4);. The van der Waals surface area contributed by atoms with Crippen molar-refractivity contribution in [1.82, 2.24) is 0 Å². The summed E-state index contributed by atoms with van der Waals surface area (Å²) < 4.78 is 8.88. The van der Waals surface area contributed by atoms with E-state index in [4.69, 9.17) is 19.2 Å². The van der Waals surface area contributed by atoms with Crippen LogP contribution in [0.4, 0.5) is 0 Å². The zero-order valence-corrected chi connectivity index (χ0v) is 6.99. The first-order chi connectivity index (χ1) is 3.00. The Morgan fingerprint density at radius 3 is 1.25 bits per heavy atom. The zero-order chi connectivity index (χ0) is 6.50. The molecule has 0 saturated heterocycles. The van der Waals surface area contributed by atoms with Crippen LogP contribution in [-0.2, 0) is 35.2 Å². The van der Waals surface area contributed by atoms with Crippen molar-refractivity contribution in [2.45, 2.75) is 0 Å². The predicted octanol–water partition coefficient (Wildman–Crippen LogP) is -0.285. The van der Waals surface area contributed by atoms with Gasteiger partial charge in [0.25, 0.3) is 0 Å². The molecule has 3 N–H and O–H groups in total. The molecule has 8 heavy (non-hydrogen) atoms. The van der Waals surface area contributed by atoms with Gasteiger partial charge in [-0.05, 0) is 0 Å². The number of rotatable bonds is 0. The molecule has 0 aliphatic rings. The van der Waals surface area contributed by atoms with E-state index in [2.05, 4.69) is 24.5 Å². The SMILES string of the molecule is O=P(O)(O)O.[Co].[S]=[Ni]. The van der Waals surface area contributed by atoms with Crippen LogP contribution in [0.25, 0.3) is 0 Å². The summed E-state index contributed by atoms with van der Waals surface area (Å²) in [5.41, 5.74) is 0. The summed E-state index contributed by atoms with van der Waals surface area (Å²) in [6, 6.07) is 0. The van der Waals surface area contributed by atoms with Crippen molar-refractivity contribution in [1.29, 1.82) is 0 Å². The van der Waals surface area contributed by atoms with E-state index >= 15 is 0 Å². The minimum absolute atomic E-state index is 0. The predicted molar refractivity (Wildman–Crippen MR) is 21.9 cm³/mol. The number of hydrogen-bond donors (Lipinski definition) is 3. The number of hydrogen-bond acceptors (Lipinski definition) is 2. The van der Waals surface area contributed by atoms with E-state index in [0.717, 1.165) is 0 Å². The van der Waals surface area contributed by atoms with Crippen molar-refractivity contribution in [2.24, 2.45) is 0 Å². The summed E-state index contributed by atoms with van der Waals surface area (Å²) in [6.07, 6.45) is 0. The van der Waals surface area contributed by atoms with Gasteiger partial charge in [-0.1, -0.05) is 0 Å². The van der Waals surface area contributed by atoms with E-state index in [1.165, 1.54) is 0 Å². The number of phosphoric acid groups is 1. The molecule has 0 rings (SSSR count). The Balaban J connectivity index is -0.0000000750. The van der Waals surface area contributed by atoms with Crippen LogP contribution in [0, 0.1) is 0 Å². The Morgan fingerprint density at radius 2 is 1.25 bits per heavy atom. The third-order valence-corrected chi connectivity index (χ3v) is 0. The van der Waals surface area contributed by atoms with Crippen LogP contribution in [-0.4, -0.2) is 14.7 Å². The summed E-state index contributed by atoms with van der Waals surface area (Å²) >= 11 is 3.46. The molecule has 0 amide bonds. The third kappa shape index (κ3) is 166. The molecule has 0 saturated carbocycles. The van der Waals surface area contributed by atoms with Gasteiger partial charge in [0.1, 0.15) is 0 Å². The van der Waals surface area contributed by atoms with E-state index in [1.54, 1.807) is 0 Å². The van der Waals surface area contributed by atoms with Gasteiger partial charge in [-0.25, -0.2) is 4.57 Å². The fourth-order valence-electron chi connectivity index (χ4n) is 0. The molecule has 0 aromatic carbocycles. The first-order valence-corrected chi connectivity index (χ1v) is 3.94. The summed E-state index contributed by atoms with van der Waals surface area (Å²) in [6.45, 7) is 0. The second-order valence-corrected chi connectivity index (χ2v) is 1.54. The molecule has 0 aliphatic heterocycles. The second kappa shape index (κ2) is 8.33. The van der Waals surface area contributed by atoms with Crippen molar-refractivity contribution in [3.63, 3.8) is 0 Å². The van der Waals surface area contributed by atoms with Crippen molar-refractivity contribution >= 4 is 18.5 Å². The Labute approximate surface area is 68.4 Å². The molecular weight excluding hydrogens is 245 g/mol. The first-order valence-electron chi connectivity index (χ1n) is 0.912. The van der Waals surface area contributed by atoms with Gasteiger partial charge in [-0.3, -0.25) is 0 Å². The fourth-order valence-corrected chi connectivity index (χ4v) is 0. The van der Waals surface area contributed by atoms with Crippen molar-refractivity contribution in [2.75, 3.05) is 0 Å².